The highest BCUT2D eigenvalue weighted by molar-refractivity contribution is 7.98. The Hall–Kier alpha value is -0.870. The molecule has 15 heavy (non-hydrogen) atoms. The molecule has 2 amide bonds. The second kappa shape index (κ2) is 5.28. The van der Waals surface area contributed by atoms with Gasteiger partial charge in [0.05, 0.1) is 5.69 Å². The summed E-state index contributed by atoms with van der Waals surface area (Å²) in [6.07, 6.45) is 1.95. The molecule has 0 radical (unpaired) electrons. The van der Waals surface area contributed by atoms with E-state index in [-0.39, 0.29) is 6.03 Å². The molecule has 0 heterocycles. The number of nitrogens with one attached hydrogen (secondary N) is 1. The van der Waals surface area contributed by atoms with Crippen LogP contribution in [0.3, 0.4) is 0 Å². The summed E-state index contributed by atoms with van der Waals surface area (Å²) in [6.45, 7) is 0. The van der Waals surface area contributed by atoms with Crippen LogP contribution in [0.5, 0.6) is 0 Å². The van der Waals surface area contributed by atoms with Crippen LogP contribution in [0.4, 0.5) is 10.5 Å². The van der Waals surface area contributed by atoms with Crippen LogP contribution in [0.15, 0.2) is 23.1 Å². The fourth-order valence-corrected chi connectivity index (χ4v) is 1.71. The zero-order valence-corrected chi connectivity index (χ0v) is 10.4. The Morgan fingerprint density at radius 2 is 2.13 bits per heavy atom. The van der Waals surface area contributed by atoms with Crippen molar-refractivity contribution in [1.29, 1.82) is 0 Å². The zero-order chi connectivity index (χ0) is 11.4. The molecule has 1 aromatic carbocycles. The maximum Gasteiger partial charge on any atom is 0.321 e. The van der Waals surface area contributed by atoms with Gasteiger partial charge in [-0.05, 0) is 24.5 Å². The topological polar surface area (TPSA) is 32.3 Å². The van der Waals surface area contributed by atoms with Crippen LogP contribution >= 0.6 is 23.4 Å². The van der Waals surface area contributed by atoms with E-state index in [1.807, 2.05) is 12.3 Å². The molecule has 1 rings (SSSR count). The normalized spacial score (nSPS) is 9.87. The Bertz CT molecular complexity index is 368. The predicted octanol–water partition coefficient (Wildman–Crippen LogP) is 3.16. The van der Waals surface area contributed by atoms with Crippen molar-refractivity contribution in [2.45, 2.75) is 4.90 Å². The molecule has 3 nitrogen and oxygen atoms in total. The van der Waals surface area contributed by atoms with Crippen LogP contribution in [0.25, 0.3) is 0 Å². The van der Waals surface area contributed by atoms with Crippen molar-refractivity contribution >= 4 is 35.1 Å². The molecule has 0 aliphatic heterocycles. The average Bonchev–Trinajstić information content (AvgIpc) is 2.18. The molecule has 0 saturated carbocycles. The van der Waals surface area contributed by atoms with Crippen molar-refractivity contribution < 1.29 is 4.79 Å². The molecule has 0 atom stereocenters. The summed E-state index contributed by atoms with van der Waals surface area (Å²) in [5.41, 5.74) is 0.744. The van der Waals surface area contributed by atoms with Crippen LogP contribution in [0, 0.1) is 0 Å². The fraction of sp³-hybridized carbons (Fsp3) is 0.300. The standard InChI is InChI=1S/C10H13ClN2OS/c1-13(2)10(14)12-8-6-7(11)4-5-9(8)15-3/h4-6H,1-3H3,(H,12,14). The fourth-order valence-electron chi connectivity index (χ4n) is 1.00. The summed E-state index contributed by atoms with van der Waals surface area (Å²) >= 11 is 7.43. The largest absolute Gasteiger partial charge is 0.331 e. The highest BCUT2D eigenvalue weighted by Crippen LogP contribution is 2.28. The predicted molar refractivity (Wildman–Crippen MR) is 65.9 cm³/mol. The van der Waals surface area contributed by atoms with Gasteiger partial charge in [-0.25, -0.2) is 4.79 Å². The van der Waals surface area contributed by atoms with Gasteiger partial charge in [0.25, 0.3) is 0 Å². The number of anilines is 1. The summed E-state index contributed by atoms with van der Waals surface area (Å²) in [4.78, 5) is 13.9. The number of halogens is 1. The Kier molecular flexibility index (Phi) is 4.29. The van der Waals surface area contributed by atoms with Gasteiger partial charge in [0.2, 0.25) is 0 Å². The molecular weight excluding hydrogens is 232 g/mol. The van der Waals surface area contributed by atoms with E-state index in [1.165, 1.54) is 4.90 Å². The number of hydrogen-bond donors (Lipinski definition) is 1. The lowest BCUT2D eigenvalue weighted by Crippen LogP contribution is -2.27. The van der Waals surface area contributed by atoms with Crippen LogP contribution in [0.2, 0.25) is 5.02 Å². The minimum atomic E-state index is -0.160. The molecule has 0 aliphatic rings. The first-order valence-corrected chi connectivity index (χ1v) is 5.96. The summed E-state index contributed by atoms with van der Waals surface area (Å²) < 4.78 is 0. The van der Waals surface area contributed by atoms with Crippen molar-refractivity contribution in [3.63, 3.8) is 0 Å². The Balaban J connectivity index is 2.92. The van der Waals surface area contributed by atoms with Gasteiger partial charge in [-0.1, -0.05) is 11.6 Å². The summed E-state index contributed by atoms with van der Waals surface area (Å²) in [5, 5.41) is 3.40. The number of rotatable bonds is 2. The highest BCUT2D eigenvalue weighted by Gasteiger charge is 2.08. The average molecular weight is 245 g/mol. The number of hydrogen-bond acceptors (Lipinski definition) is 2. The van der Waals surface area contributed by atoms with E-state index >= 15 is 0 Å². The van der Waals surface area contributed by atoms with Gasteiger partial charge in [0.1, 0.15) is 0 Å². The highest BCUT2D eigenvalue weighted by atomic mass is 35.5. The van der Waals surface area contributed by atoms with Crippen molar-refractivity contribution in [2.24, 2.45) is 0 Å². The minimum Gasteiger partial charge on any atom is -0.331 e. The van der Waals surface area contributed by atoms with Crippen molar-refractivity contribution in [2.75, 3.05) is 25.7 Å². The van der Waals surface area contributed by atoms with Crippen LogP contribution in [-0.4, -0.2) is 31.3 Å². The third kappa shape index (κ3) is 3.32. The summed E-state index contributed by atoms with van der Waals surface area (Å²) in [6, 6.07) is 5.28. The molecule has 0 aliphatic carbocycles. The van der Waals surface area contributed by atoms with E-state index in [9.17, 15) is 4.79 Å². The molecule has 0 bridgehead atoms. The SMILES string of the molecule is CSc1ccc(Cl)cc1NC(=O)N(C)C. The van der Waals surface area contributed by atoms with Gasteiger partial charge in [0, 0.05) is 24.0 Å². The lowest BCUT2D eigenvalue weighted by Gasteiger charge is -2.14. The van der Waals surface area contributed by atoms with E-state index in [1.54, 1.807) is 38.0 Å². The molecule has 5 heteroatoms. The van der Waals surface area contributed by atoms with Crippen molar-refractivity contribution in [1.82, 2.24) is 4.90 Å². The van der Waals surface area contributed by atoms with E-state index in [2.05, 4.69) is 5.32 Å². The molecule has 0 aromatic heterocycles. The van der Waals surface area contributed by atoms with Crippen molar-refractivity contribution in [3.05, 3.63) is 23.2 Å². The van der Waals surface area contributed by atoms with E-state index in [0.29, 0.717) is 5.02 Å². The molecule has 82 valence electrons. The minimum absolute atomic E-state index is 0.160. The number of carbonyl (C=O) groups excluding carboxylic acids is 1. The van der Waals surface area contributed by atoms with Gasteiger partial charge in [0.15, 0.2) is 0 Å². The van der Waals surface area contributed by atoms with Gasteiger partial charge >= 0.3 is 6.03 Å². The Morgan fingerprint density at radius 3 is 2.67 bits per heavy atom. The molecule has 0 spiro atoms. The number of thioether (sulfide) groups is 1. The van der Waals surface area contributed by atoms with Crippen LogP contribution in [-0.2, 0) is 0 Å². The molecule has 0 fully saturated rings. The number of carbonyl (C=O) groups is 1. The van der Waals surface area contributed by atoms with E-state index < -0.39 is 0 Å². The lowest BCUT2D eigenvalue weighted by molar-refractivity contribution is 0.230. The first kappa shape index (κ1) is 12.2. The number of nitrogens with zero attached hydrogens (tertiary/aromatic N) is 1. The monoisotopic (exact) mass is 244 g/mol. The number of urea groups is 1. The first-order valence-electron chi connectivity index (χ1n) is 4.36. The van der Waals surface area contributed by atoms with Crippen LogP contribution in [0.1, 0.15) is 0 Å². The van der Waals surface area contributed by atoms with Crippen LogP contribution < -0.4 is 5.32 Å². The number of benzene rings is 1. The van der Waals surface area contributed by atoms with Gasteiger partial charge in [-0.15, -0.1) is 11.8 Å². The zero-order valence-electron chi connectivity index (χ0n) is 8.87. The third-order valence-corrected chi connectivity index (χ3v) is 2.84. The van der Waals surface area contributed by atoms with E-state index in [4.69, 9.17) is 11.6 Å². The summed E-state index contributed by atoms with van der Waals surface area (Å²) in [7, 11) is 3.39. The number of amides is 2. The quantitative estimate of drug-likeness (QED) is 0.811. The molecule has 0 unspecified atom stereocenters. The maximum atomic E-state index is 11.5. The van der Waals surface area contributed by atoms with Gasteiger partial charge < -0.3 is 10.2 Å². The summed E-state index contributed by atoms with van der Waals surface area (Å²) in [5.74, 6) is 0. The molecule has 0 saturated heterocycles. The molecule has 1 N–H and O–H groups in total. The smallest absolute Gasteiger partial charge is 0.321 e. The van der Waals surface area contributed by atoms with Gasteiger partial charge in [-0.2, -0.15) is 0 Å². The second-order valence-corrected chi connectivity index (χ2v) is 4.45. The Labute approximate surface area is 98.8 Å². The first-order chi connectivity index (χ1) is 7.04. The van der Waals surface area contributed by atoms with Crippen molar-refractivity contribution in [3.8, 4) is 0 Å². The maximum absolute atomic E-state index is 11.5. The van der Waals surface area contributed by atoms with E-state index in [0.717, 1.165) is 10.6 Å². The molecule has 1 aromatic rings. The third-order valence-electron chi connectivity index (χ3n) is 1.81. The second-order valence-electron chi connectivity index (χ2n) is 3.17. The Morgan fingerprint density at radius 1 is 1.47 bits per heavy atom. The van der Waals surface area contributed by atoms with Gasteiger partial charge in [-0.3, -0.25) is 0 Å². The molecular formula is C10H13ClN2OS. The lowest BCUT2D eigenvalue weighted by atomic mass is 10.3.